The van der Waals surface area contributed by atoms with E-state index in [4.69, 9.17) is 5.73 Å². The first-order chi connectivity index (χ1) is 7.33. The van der Waals surface area contributed by atoms with Gasteiger partial charge in [-0.05, 0) is 19.0 Å². The average Bonchev–Trinajstić information content (AvgIpc) is 2.29. The molecule has 0 spiro atoms. The topological polar surface area (TPSA) is 60.9 Å². The van der Waals surface area contributed by atoms with Gasteiger partial charge in [0.05, 0.1) is 11.6 Å². The Morgan fingerprint density at radius 3 is 2.93 bits per heavy atom. The van der Waals surface area contributed by atoms with E-state index in [1.54, 1.807) is 6.20 Å². The van der Waals surface area contributed by atoms with Crippen molar-refractivity contribution in [2.45, 2.75) is 13.0 Å². The largest absolute Gasteiger partial charge is 0.330 e. The predicted octanol–water partition coefficient (Wildman–Crippen LogP) is 0.745. The lowest BCUT2D eigenvalue weighted by Gasteiger charge is -2.04. The third kappa shape index (κ3) is 1.89. The van der Waals surface area contributed by atoms with E-state index in [-0.39, 0.29) is 5.56 Å². The van der Waals surface area contributed by atoms with Crippen molar-refractivity contribution in [3.63, 3.8) is 0 Å². The van der Waals surface area contributed by atoms with E-state index in [9.17, 15) is 4.79 Å². The molecule has 78 valence electrons. The zero-order valence-electron chi connectivity index (χ0n) is 8.39. The first-order valence-electron chi connectivity index (χ1n) is 4.98. The smallest absolute Gasteiger partial charge is 0.274 e. The van der Waals surface area contributed by atoms with Crippen LogP contribution < -0.4 is 11.3 Å². The molecule has 0 atom stereocenters. The van der Waals surface area contributed by atoms with E-state index in [0.29, 0.717) is 18.5 Å². The summed E-state index contributed by atoms with van der Waals surface area (Å²) in [7, 11) is 0. The Kier molecular flexibility index (Phi) is 2.78. The SMILES string of the molecule is NCCCn1ncc2ccccc2c1=O. The fraction of sp³-hybridized carbons (Fsp3) is 0.273. The van der Waals surface area contributed by atoms with E-state index in [2.05, 4.69) is 5.10 Å². The number of hydrogen-bond donors (Lipinski definition) is 1. The van der Waals surface area contributed by atoms with E-state index in [1.165, 1.54) is 4.68 Å². The summed E-state index contributed by atoms with van der Waals surface area (Å²) in [4.78, 5) is 11.9. The van der Waals surface area contributed by atoms with Crippen LogP contribution in [0.2, 0.25) is 0 Å². The van der Waals surface area contributed by atoms with Crippen LogP contribution in [0, 0.1) is 0 Å². The Morgan fingerprint density at radius 1 is 1.33 bits per heavy atom. The molecule has 4 nitrogen and oxygen atoms in total. The van der Waals surface area contributed by atoms with Gasteiger partial charge >= 0.3 is 0 Å². The number of aromatic nitrogens is 2. The summed E-state index contributed by atoms with van der Waals surface area (Å²) in [6, 6.07) is 7.46. The Bertz CT molecular complexity index is 518. The molecule has 4 heteroatoms. The molecule has 15 heavy (non-hydrogen) atoms. The van der Waals surface area contributed by atoms with Gasteiger partial charge in [0.1, 0.15) is 0 Å². The maximum atomic E-state index is 11.9. The van der Waals surface area contributed by atoms with Crippen LogP contribution in [0.15, 0.2) is 35.3 Å². The molecular formula is C11H13N3O. The van der Waals surface area contributed by atoms with Gasteiger partial charge in [-0.25, -0.2) is 4.68 Å². The third-order valence-electron chi connectivity index (χ3n) is 2.34. The fourth-order valence-electron chi connectivity index (χ4n) is 1.53. The molecule has 2 rings (SSSR count). The van der Waals surface area contributed by atoms with Gasteiger partial charge < -0.3 is 5.73 Å². The van der Waals surface area contributed by atoms with Crippen molar-refractivity contribution in [3.8, 4) is 0 Å². The normalized spacial score (nSPS) is 10.7. The van der Waals surface area contributed by atoms with E-state index in [1.807, 2.05) is 24.3 Å². The molecule has 0 fully saturated rings. The summed E-state index contributed by atoms with van der Waals surface area (Å²) >= 11 is 0. The summed E-state index contributed by atoms with van der Waals surface area (Å²) in [5.41, 5.74) is 5.36. The average molecular weight is 203 g/mol. The second-order valence-electron chi connectivity index (χ2n) is 3.40. The highest BCUT2D eigenvalue weighted by atomic mass is 16.1. The highest BCUT2D eigenvalue weighted by molar-refractivity contribution is 5.80. The van der Waals surface area contributed by atoms with Crippen LogP contribution in [-0.4, -0.2) is 16.3 Å². The lowest BCUT2D eigenvalue weighted by atomic mass is 10.2. The van der Waals surface area contributed by atoms with Crippen molar-refractivity contribution < 1.29 is 0 Å². The van der Waals surface area contributed by atoms with E-state index in [0.717, 1.165) is 11.8 Å². The highest BCUT2D eigenvalue weighted by Crippen LogP contribution is 2.06. The third-order valence-corrected chi connectivity index (χ3v) is 2.34. The van der Waals surface area contributed by atoms with E-state index < -0.39 is 0 Å². The molecule has 0 saturated heterocycles. The quantitative estimate of drug-likeness (QED) is 0.800. The Morgan fingerprint density at radius 2 is 2.13 bits per heavy atom. The van der Waals surface area contributed by atoms with Gasteiger partial charge in [0.15, 0.2) is 0 Å². The van der Waals surface area contributed by atoms with Crippen molar-refractivity contribution >= 4 is 10.8 Å². The standard InChI is InChI=1S/C11H13N3O/c12-6-3-7-14-11(15)10-5-2-1-4-9(10)8-13-14/h1-2,4-5,8H,3,6-7,12H2. The minimum Gasteiger partial charge on any atom is -0.330 e. The van der Waals surface area contributed by atoms with Crippen molar-refractivity contribution in [1.29, 1.82) is 0 Å². The second kappa shape index (κ2) is 4.23. The summed E-state index contributed by atoms with van der Waals surface area (Å²) in [5.74, 6) is 0. The molecule has 2 aromatic rings. The van der Waals surface area contributed by atoms with Crippen LogP contribution in [0.25, 0.3) is 10.8 Å². The van der Waals surface area contributed by atoms with Crippen LogP contribution in [0.5, 0.6) is 0 Å². The van der Waals surface area contributed by atoms with Crippen molar-refractivity contribution in [2.75, 3.05) is 6.54 Å². The first-order valence-corrected chi connectivity index (χ1v) is 4.98. The van der Waals surface area contributed by atoms with Crippen molar-refractivity contribution in [1.82, 2.24) is 9.78 Å². The number of nitrogens with zero attached hydrogens (tertiary/aromatic N) is 2. The lowest BCUT2D eigenvalue weighted by Crippen LogP contribution is -2.23. The summed E-state index contributed by atoms with van der Waals surface area (Å²) in [6.45, 7) is 1.15. The highest BCUT2D eigenvalue weighted by Gasteiger charge is 2.01. The Balaban J connectivity index is 2.51. The molecule has 0 radical (unpaired) electrons. The number of rotatable bonds is 3. The second-order valence-corrected chi connectivity index (χ2v) is 3.40. The molecule has 0 aliphatic rings. The predicted molar refractivity (Wildman–Crippen MR) is 59.7 cm³/mol. The number of aryl methyl sites for hydroxylation is 1. The lowest BCUT2D eigenvalue weighted by molar-refractivity contribution is 0.559. The van der Waals surface area contributed by atoms with Gasteiger partial charge in [0, 0.05) is 11.9 Å². The van der Waals surface area contributed by atoms with Crippen LogP contribution in [0.1, 0.15) is 6.42 Å². The molecule has 1 heterocycles. The number of fused-ring (bicyclic) bond motifs is 1. The molecule has 0 saturated carbocycles. The number of benzene rings is 1. The summed E-state index contributed by atoms with van der Waals surface area (Å²) in [6.07, 6.45) is 2.48. The van der Waals surface area contributed by atoms with Crippen molar-refractivity contribution in [2.24, 2.45) is 5.73 Å². The summed E-state index contributed by atoms with van der Waals surface area (Å²) in [5, 5.41) is 5.69. The van der Waals surface area contributed by atoms with Gasteiger partial charge in [-0.2, -0.15) is 5.10 Å². The number of nitrogens with two attached hydrogens (primary N) is 1. The maximum Gasteiger partial charge on any atom is 0.274 e. The molecule has 0 amide bonds. The van der Waals surface area contributed by atoms with Gasteiger partial charge in [-0.3, -0.25) is 4.79 Å². The monoisotopic (exact) mass is 203 g/mol. The van der Waals surface area contributed by atoms with Gasteiger partial charge in [0.25, 0.3) is 5.56 Å². The van der Waals surface area contributed by atoms with Crippen LogP contribution in [0.3, 0.4) is 0 Å². The maximum absolute atomic E-state index is 11.9. The molecular weight excluding hydrogens is 190 g/mol. The molecule has 0 bridgehead atoms. The summed E-state index contributed by atoms with van der Waals surface area (Å²) < 4.78 is 1.47. The molecule has 2 N–H and O–H groups in total. The molecule has 0 aliphatic carbocycles. The fourth-order valence-corrected chi connectivity index (χ4v) is 1.53. The van der Waals surface area contributed by atoms with Crippen molar-refractivity contribution in [3.05, 3.63) is 40.8 Å². The van der Waals surface area contributed by atoms with Gasteiger partial charge in [-0.1, -0.05) is 18.2 Å². The number of hydrogen-bond acceptors (Lipinski definition) is 3. The Labute approximate surface area is 87.3 Å². The van der Waals surface area contributed by atoms with Crippen LogP contribution in [-0.2, 0) is 6.54 Å². The van der Waals surface area contributed by atoms with Crippen LogP contribution >= 0.6 is 0 Å². The van der Waals surface area contributed by atoms with Crippen LogP contribution in [0.4, 0.5) is 0 Å². The zero-order chi connectivity index (χ0) is 10.7. The first kappa shape index (κ1) is 9.86. The minimum atomic E-state index is -0.0402. The molecule has 1 aromatic carbocycles. The van der Waals surface area contributed by atoms with Gasteiger partial charge in [-0.15, -0.1) is 0 Å². The molecule has 0 aliphatic heterocycles. The van der Waals surface area contributed by atoms with Gasteiger partial charge in [0.2, 0.25) is 0 Å². The Hall–Kier alpha value is -1.68. The minimum absolute atomic E-state index is 0.0402. The van der Waals surface area contributed by atoms with E-state index >= 15 is 0 Å². The zero-order valence-corrected chi connectivity index (χ0v) is 8.39. The molecule has 0 unspecified atom stereocenters. The molecule has 1 aromatic heterocycles.